The summed E-state index contributed by atoms with van der Waals surface area (Å²) in [6.07, 6.45) is 0. The topological polar surface area (TPSA) is 12.0 Å². The molecule has 20 heavy (non-hydrogen) atoms. The molecule has 0 fully saturated rings. The summed E-state index contributed by atoms with van der Waals surface area (Å²) in [6, 6.07) is 11.2. The first-order valence-electron chi connectivity index (χ1n) is 6.16. The van der Waals surface area contributed by atoms with Crippen LogP contribution < -0.4 is 5.32 Å². The molecule has 0 aliphatic carbocycles. The molecule has 106 valence electrons. The lowest BCUT2D eigenvalue weighted by molar-refractivity contribution is 0.607. The van der Waals surface area contributed by atoms with Crippen LogP contribution in [0.4, 0.5) is 4.39 Å². The van der Waals surface area contributed by atoms with E-state index < -0.39 is 0 Å². The molecule has 1 atom stereocenters. The predicted octanol–water partition coefficient (Wildman–Crippen LogP) is 5.81. The van der Waals surface area contributed by atoms with Crippen molar-refractivity contribution in [3.63, 3.8) is 0 Å². The maximum absolute atomic E-state index is 13.4. The third-order valence-corrected chi connectivity index (χ3v) is 4.75. The van der Waals surface area contributed by atoms with E-state index in [1.807, 2.05) is 24.3 Å². The van der Waals surface area contributed by atoms with Crippen molar-refractivity contribution in [2.75, 3.05) is 6.54 Å². The van der Waals surface area contributed by atoms with Crippen LogP contribution in [0.2, 0.25) is 0 Å². The first-order chi connectivity index (χ1) is 9.52. The highest BCUT2D eigenvalue weighted by atomic mass is 79.9. The van der Waals surface area contributed by atoms with Crippen molar-refractivity contribution in [2.24, 2.45) is 0 Å². The third-order valence-electron chi connectivity index (χ3n) is 2.96. The Labute approximate surface area is 143 Å². The lowest BCUT2D eigenvalue weighted by atomic mass is 9.98. The van der Waals surface area contributed by atoms with Gasteiger partial charge in [0.25, 0.3) is 0 Å². The van der Waals surface area contributed by atoms with E-state index in [0.29, 0.717) is 4.47 Å². The molecular formula is C15H13Br3FN. The van der Waals surface area contributed by atoms with Gasteiger partial charge < -0.3 is 5.32 Å². The molecule has 0 heterocycles. The molecule has 0 amide bonds. The van der Waals surface area contributed by atoms with Gasteiger partial charge in [-0.25, -0.2) is 4.39 Å². The second kappa shape index (κ2) is 7.16. The van der Waals surface area contributed by atoms with Gasteiger partial charge in [-0.2, -0.15) is 0 Å². The summed E-state index contributed by atoms with van der Waals surface area (Å²) in [4.78, 5) is 0. The minimum absolute atomic E-state index is 0.0133. The Morgan fingerprint density at radius 3 is 2.40 bits per heavy atom. The van der Waals surface area contributed by atoms with E-state index in [9.17, 15) is 4.39 Å². The monoisotopic (exact) mass is 463 g/mol. The smallest absolute Gasteiger partial charge is 0.137 e. The van der Waals surface area contributed by atoms with Gasteiger partial charge in [0.2, 0.25) is 0 Å². The second-order valence-corrected chi connectivity index (χ2v) is 6.95. The molecule has 0 bridgehead atoms. The molecule has 0 spiro atoms. The Balaban J connectivity index is 2.47. The van der Waals surface area contributed by atoms with E-state index in [0.717, 1.165) is 26.6 Å². The summed E-state index contributed by atoms with van der Waals surface area (Å²) in [5, 5.41) is 3.43. The average Bonchev–Trinajstić information content (AvgIpc) is 2.40. The van der Waals surface area contributed by atoms with Crippen molar-refractivity contribution in [3.05, 3.63) is 66.8 Å². The molecule has 0 aliphatic rings. The summed E-state index contributed by atoms with van der Waals surface area (Å²) in [5.74, 6) is -0.251. The maximum Gasteiger partial charge on any atom is 0.137 e. The van der Waals surface area contributed by atoms with E-state index >= 15 is 0 Å². The molecule has 0 radical (unpaired) electrons. The third kappa shape index (κ3) is 3.70. The quantitative estimate of drug-likeness (QED) is 0.600. The van der Waals surface area contributed by atoms with Crippen LogP contribution in [0.1, 0.15) is 24.1 Å². The van der Waals surface area contributed by atoms with E-state index in [2.05, 4.69) is 66.1 Å². The number of halogens is 4. The molecule has 1 N–H and O–H groups in total. The fraction of sp³-hybridized carbons (Fsp3) is 0.200. The van der Waals surface area contributed by atoms with Crippen molar-refractivity contribution >= 4 is 47.8 Å². The van der Waals surface area contributed by atoms with E-state index in [-0.39, 0.29) is 11.9 Å². The number of benzene rings is 2. The Kier molecular flexibility index (Phi) is 5.78. The van der Waals surface area contributed by atoms with Crippen LogP contribution in [-0.2, 0) is 0 Å². The molecule has 0 saturated heterocycles. The van der Waals surface area contributed by atoms with Crippen molar-refractivity contribution in [1.29, 1.82) is 0 Å². The molecule has 2 aromatic carbocycles. The fourth-order valence-electron chi connectivity index (χ4n) is 2.04. The maximum atomic E-state index is 13.4. The second-order valence-electron chi connectivity index (χ2n) is 4.33. The van der Waals surface area contributed by atoms with E-state index in [1.54, 1.807) is 0 Å². The lowest BCUT2D eigenvalue weighted by Gasteiger charge is -2.21. The number of hydrogen-bond acceptors (Lipinski definition) is 1. The first-order valence-corrected chi connectivity index (χ1v) is 8.54. The number of nitrogens with one attached hydrogen (secondary N) is 1. The molecule has 1 unspecified atom stereocenters. The first kappa shape index (κ1) is 16.1. The van der Waals surface area contributed by atoms with Crippen LogP contribution in [0.15, 0.2) is 49.8 Å². The van der Waals surface area contributed by atoms with Gasteiger partial charge in [0, 0.05) is 8.95 Å². The highest BCUT2D eigenvalue weighted by molar-refractivity contribution is 9.11. The molecule has 0 saturated carbocycles. The van der Waals surface area contributed by atoms with E-state index in [1.165, 1.54) is 6.07 Å². The Morgan fingerprint density at radius 1 is 1.05 bits per heavy atom. The normalized spacial score (nSPS) is 12.4. The van der Waals surface area contributed by atoms with E-state index in [4.69, 9.17) is 0 Å². The zero-order chi connectivity index (χ0) is 14.7. The molecule has 0 aliphatic heterocycles. The van der Waals surface area contributed by atoms with Gasteiger partial charge in [0.1, 0.15) is 5.82 Å². The molecule has 2 rings (SSSR count). The average molecular weight is 466 g/mol. The van der Waals surface area contributed by atoms with Gasteiger partial charge in [0.15, 0.2) is 0 Å². The summed E-state index contributed by atoms with van der Waals surface area (Å²) < 4.78 is 15.9. The zero-order valence-corrected chi connectivity index (χ0v) is 15.5. The summed E-state index contributed by atoms with van der Waals surface area (Å²) >= 11 is 10.3. The van der Waals surface area contributed by atoms with Gasteiger partial charge in [-0.05, 0) is 57.9 Å². The Bertz CT molecular complexity index is 616. The molecular weight excluding hydrogens is 453 g/mol. The van der Waals surface area contributed by atoms with Crippen LogP contribution in [0.25, 0.3) is 0 Å². The fourth-order valence-corrected chi connectivity index (χ4v) is 3.71. The van der Waals surface area contributed by atoms with Crippen LogP contribution in [0.3, 0.4) is 0 Å². The summed E-state index contributed by atoms with van der Waals surface area (Å²) in [5.41, 5.74) is 2.14. The molecule has 5 heteroatoms. The van der Waals surface area contributed by atoms with Crippen molar-refractivity contribution in [3.8, 4) is 0 Å². The van der Waals surface area contributed by atoms with Crippen molar-refractivity contribution in [1.82, 2.24) is 5.32 Å². The standard InChI is InChI=1S/C15H13Br3FN/c1-2-20-15(9-3-6-14(19)13(18)7-9)11-5-4-10(16)8-12(11)17/h3-8,15,20H,2H2,1H3. The number of hydrogen-bond donors (Lipinski definition) is 1. The summed E-state index contributed by atoms with van der Waals surface area (Å²) in [7, 11) is 0. The molecule has 1 nitrogen and oxygen atoms in total. The number of rotatable bonds is 4. The lowest BCUT2D eigenvalue weighted by Crippen LogP contribution is -2.22. The minimum atomic E-state index is -0.251. The SMILES string of the molecule is CCNC(c1ccc(F)c(Br)c1)c1ccc(Br)cc1Br. The van der Waals surface area contributed by atoms with Gasteiger partial charge in [-0.1, -0.05) is 50.9 Å². The molecule has 2 aromatic rings. The zero-order valence-electron chi connectivity index (χ0n) is 10.8. The highest BCUT2D eigenvalue weighted by Gasteiger charge is 2.17. The van der Waals surface area contributed by atoms with Gasteiger partial charge in [-0.3, -0.25) is 0 Å². The van der Waals surface area contributed by atoms with Crippen molar-refractivity contribution in [2.45, 2.75) is 13.0 Å². The van der Waals surface area contributed by atoms with Gasteiger partial charge in [0.05, 0.1) is 10.5 Å². The van der Waals surface area contributed by atoms with Crippen LogP contribution in [-0.4, -0.2) is 6.54 Å². The van der Waals surface area contributed by atoms with Gasteiger partial charge >= 0.3 is 0 Å². The largest absolute Gasteiger partial charge is 0.306 e. The highest BCUT2D eigenvalue weighted by Crippen LogP contribution is 2.32. The minimum Gasteiger partial charge on any atom is -0.306 e. The predicted molar refractivity (Wildman–Crippen MR) is 91.5 cm³/mol. The van der Waals surface area contributed by atoms with Gasteiger partial charge in [-0.15, -0.1) is 0 Å². The Morgan fingerprint density at radius 2 is 1.80 bits per heavy atom. The van der Waals surface area contributed by atoms with Crippen LogP contribution in [0, 0.1) is 5.82 Å². The molecule has 0 aromatic heterocycles. The Hall–Kier alpha value is -0.230. The van der Waals surface area contributed by atoms with Crippen LogP contribution in [0.5, 0.6) is 0 Å². The summed E-state index contributed by atoms with van der Waals surface area (Å²) in [6.45, 7) is 2.88. The van der Waals surface area contributed by atoms with Crippen molar-refractivity contribution < 1.29 is 4.39 Å². The van der Waals surface area contributed by atoms with Crippen LogP contribution >= 0.6 is 47.8 Å².